The summed E-state index contributed by atoms with van der Waals surface area (Å²) in [5.74, 6) is 0.376. The number of rotatable bonds is 2. The van der Waals surface area contributed by atoms with Gasteiger partial charge in [0.1, 0.15) is 11.0 Å². The van der Waals surface area contributed by atoms with Crippen molar-refractivity contribution >= 4 is 16.7 Å². The van der Waals surface area contributed by atoms with Gasteiger partial charge in [0.05, 0.1) is 11.4 Å². The van der Waals surface area contributed by atoms with Crippen molar-refractivity contribution in [1.29, 1.82) is 0 Å². The summed E-state index contributed by atoms with van der Waals surface area (Å²) in [5.41, 5.74) is 0.968. The van der Waals surface area contributed by atoms with Gasteiger partial charge in [-0.3, -0.25) is 0 Å². The van der Waals surface area contributed by atoms with Crippen LogP contribution in [-0.2, 0) is 15.7 Å². The van der Waals surface area contributed by atoms with Crippen LogP contribution in [-0.4, -0.2) is 27.9 Å². The highest BCUT2D eigenvalue weighted by Crippen LogP contribution is 2.18. The molecule has 1 heterocycles. The lowest BCUT2D eigenvalue weighted by Crippen LogP contribution is -2.22. The summed E-state index contributed by atoms with van der Waals surface area (Å²) < 4.78 is 21.0. The fraction of sp³-hybridized carbons (Fsp3) is 0.900. The minimum atomic E-state index is -1.13. The van der Waals surface area contributed by atoms with Crippen LogP contribution in [0.1, 0.15) is 34.1 Å². The summed E-state index contributed by atoms with van der Waals surface area (Å²) >= 11 is 0. The van der Waals surface area contributed by atoms with Crippen LogP contribution < -0.4 is 0 Å². The number of hydrogen-bond donors (Lipinski definition) is 0. The van der Waals surface area contributed by atoms with Gasteiger partial charge in [-0.05, 0) is 34.1 Å². The Hall–Kier alpha value is -0.220. The second-order valence-corrected chi connectivity index (χ2v) is 6.56. The van der Waals surface area contributed by atoms with Crippen LogP contribution in [0.15, 0.2) is 4.40 Å². The van der Waals surface area contributed by atoms with E-state index >= 15 is 0 Å². The summed E-state index contributed by atoms with van der Waals surface area (Å²) in [5, 5.41) is 0. The molecule has 1 aliphatic heterocycles. The molecule has 1 aliphatic rings. The quantitative estimate of drug-likeness (QED) is 0.663. The molecule has 0 saturated carbocycles. The maximum Gasteiger partial charge on any atom is 0.144 e. The number of hydrogen-bond acceptors (Lipinski definition) is 2. The Kier molecular flexibility index (Phi) is 3.84. The van der Waals surface area contributed by atoms with Crippen molar-refractivity contribution < 1.29 is 8.95 Å². The van der Waals surface area contributed by atoms with Crippen molar-refractivity contribution in [3.8, 4) is 0 Å². The molecule has 1 fully saturated rings. The Bertz CT molecular complexity index is 249. The predicted molar refractivity (Wildman–Crippen MR) is 59.9 cm³/mol. The van der Waals surface area contributed by atoms with Gasteiger partial charge in [-0.1, -0.05) is 0 Å². The molecule has 0 spiro atoms. The molecule has 0 radical (unpaired) electrons. The standard InChI is InChI=1S/C10H19NO2S/c1-8(9-5-6-13-7-9)11-14(12)10(2,3)4/h9H,5-7H2,1-4H3/b11-8+/t9?,14-/m0/s1. The zero-order chi connectivity index (χ0) is 10.8. The van der Waals surface area contributed by atoms with E-state index in [1.165, 1.54) is 0 Å². The van der Waals surface area contributed by atoms with Gasteiger partial charge in [-0.2, -0.15) is 4.40 Å². The van der Waals surface area contributed by atoms with E-state index in [2.05, 4.69) is 4.40 Å². The molecule has 1 saturated heterocycles. The zero-order valence-electron chi connectivity index (χ0n) is 9.37. The van der Waals surface area contributed by atoms with E-state index in [9.17, 15) is 4.21 Å². The summed E-state index contributed by atoms with van der Waals surface area (Å²) in [4.78, 5) is 0. The Morgan fingerprint density at radius 1 is 1.50 bits per heavy atom. The molecule has 1 unspecified atom stereocenters. The molecule has 14 heavy (non-hydrogen) atoms. The van der Waals surface area contributed by atoms with E-state index in [-0.39, 0.29) is 4.75 Å². The van der Waals surface area contributed by atoms with Crippen LogP contribution in [0.2, 0.25) is 0 Å². The van der Waals surface area contributed by atoms with Crippen molar-refractivity contribution in [1.82, 2.24) is 0 Å². The first-order valence-electron chi connectivity index (χ1n) is 4.96. The van der Waals surface area contributed by atoms with Crippen LogP contribution in [0, 0.1) is 5.92 Å². The number of ether oxygens (including phenoxy) is 1. The third-order valence-corrected chi connectivity index (χ3v) is 3.77. The van der Waals surface area contributed by atoms with Gasteiger partial charge >= 0.3 is 0 Å². The third kappa shape index (κ3) is 3.17. The van der Waals surface area contributed by atoms with Crippen molar-refractivity contribution in [2.75, 3.05) is 13.2 Å². The minimum absolute atomic E-state index is 0.263. The lowest BCUT2D eigenvalue weighted by Gasteiger charge is -2.15. The van der Waals surface area contributed by atoms with Gasteiger partial charge in [0.15, 0.2) is 0 Å². The summed E-state index contributed by atoms with van der Waals surface area (Å²) in [6.07, 6.45) is 1.01. The Balaban J connectivity index is 2.63. The largest absolute Gasteiger partial charge is 0.381 e. The highest BCUT2D eigenvalue weighted by molar-refractivity contribution is 7.85. The van der Waals surface area contributed by atoms with Crippen molar-refractivity contribution in [2.45, 2.75) is 38.9 Å². The summed E-state index contributed by atoms with van der Waals surface area (Å²) in [7, 11) is -1.13. The van der Waals surface area contributed by atoms with E-state index in [1.54, 1.807) is 0 Å². The monoisotopic (exact) mass is 217 g/mol. The van der Waals surface area contributed by atoms with Gasteiger partial charge in [-0.25, -0.2) is 4.21 Å². The SMILES string of the molecule is C/C(=N\[S@@](=O)C(C)(C)C)C1CCOC1. The van der Waals surface area contributed by atoms with E-state index < -0.39 is 11.0 Å². The molecule has 0 aromatic carbocycles. The molecule has 0 aromatic heterocycles. The fourth-order valence-corrected chi connectivity index (χ4v) is 1.89. The topological polar surface area (TPSA) is 38.7 Å². The first-order chi connectivity index (χ1) is 6.41. The van der Waals surface area contributed by atoms with Crippen LogP contribution >= 0.6 is 0 Å². The molecular formula is C10H19NO2S. The first-order valence-corrected chi connectivity index (χ1v) is 6.07. The van der Waals surface area contributed by atoms with E-state index in [1.807, 2.05) is 27.7 Å². The minimum Gasteiger partial charge on any atom is -0.381 e. The normalized spacial score (nSPS) is 26.6. The van der Waals surface area contributed by atoms with Gasteiger partial charge in [0.25, 0.3) is 0 Å². The molecule has 0 bridgehead atoms. The zero-order valence-corrected chi connectivity index (χ0v) is 10.2. The second-order valence-electron chi connectivity index (χ2n) is 4.65. The van der Waals surface area contributed by atoms with Crippen molar-refractivity contribution in [2.24, 2.45) is 10.3 Å². The smallest absolute Gasteiger partial charge is 0.144 e. The average Bonchev–Trinajstić information content (AvgIpc) is 2.53. The second kappa shape index (κ2) is 4.53. The van der Waals surface area contributed by atoms with Gasteiger partial charge < -0.3 is 4.74 Å². The molecule has 3 nitrogen and oxygen atoms in total. The molecule has 0 aromatic rings. The molecule has 1 rings (SSSR count). The third-order valence-electron chi connectivity index (χ3n) is 2.27. The van der Waals surface area contributed by atoms with Gasteiger partial charge in [0.2, 0.25) is 0 Å². The highest BCUT2D eigenvalue weighted by Gasteiger charge is 2.23. The first kappa shape index (κ1) is 11.9. The van der Waals surface area contributed by atoms with Crippen LogP contribution in [0.25, 0.3) is 0 Å². The molecule has 0 N–H and O–H groups in total. The van der Waals surface area contributed by atoms with Crippen molar-refractivity contribution in [3.05, 3.63) is 0 Å². The molecule has 0 amide bonds. The molecule has 0 aliphatic carbocycles. The predicted octanol–water partition coefficient (Wildman–Crippen LogP) is 1.95. The molecule has 2 atom stereocenters. The van der Waals surface area contributed by atoms with Crippen LogP contribution in [0.5, 0.6) is 0 Å². The lowest BCUT2D eigenvalue weighted by atomic mass is 10.1. The van der Waals surface area contributed by atoms with Gasteiger partial charge in [-0.15, -0.1) is 0 Å². The van der Waals surface area contributed by atoms with Crippen LogP contribution in [0.4, 0.5) is 0 Å². The maximum absolute atomic E-state index is 11.7. The average molecular weight is 217 g/mol. The molecule has 4 heteroatoms. The van der Waals surface area contributed by atoms with E-state index in [4.69, 9.17) is 4.74 Å². The summed E-state index contributed by atoms with van der Waals surface area (Å²) in [6.45, 7) is 9.29. The highest BCUT2D eigenvalue weighted by atomic mass is 32.2. The Labute approximate surface area is 88.5 Å². The molecular weight excluding hydrogens is 198 g/mol. The Morgan fingerprint density at radius 2 is 2.14 bits per heavy atom. The van der Waals surface area contributed by atoms with Gasteiger partial charge in [0, 0.05) is 18.2 Å². The fourth-order valence-electron chi connectivity index (χ4n) is 1.21. The maximum atomic E-state index is 11.7. The Morgan fingerprint density at radius 3 is 2.57 bits per heavy atom. The lowest BCUT2D eigenvalue weighted by molar-refractivity contribution is 0.193. The number of nitrogens with zero attached hydrogens (tertiary/aromatic N) is 1. The van der Waals surface area contributed by atoms with Crippen molar-refractivity contribution in [3.63, 3.8) is 0 Å². The van der Waals surface area contributed by atoms with Crippen LogP contribution in [0.3, 0.4) is 0 Å². The van der Waals surface area contributed by atoms with E-state index in [0.29, 0.717) is 5.92 Å². The molecule has 82 valence electrons. The van der Waals surface area contributed by atoms with E-state index in [0.717, 1.165) is 25.3 Å². The summed E-state index contributed by atoms with van der Waals surface area (Å²) in [6, 6.07) is 0.